The van der Waals surface area contributed by atoms with Gasteiger partial charge in [-0.25, -0.2) is 0 Å². The number of ketones is 1. The lowest BCUT2D eigenvalue weighted by molar-refractivity contribution is 0.103. The molecule has 132 valence electrons. The standard InChI is InChI=1S/C24H19NOS/c26-23(19-12-6-2-7-13-19)21-16-17-22(18-10-4-1-5-11-18)27-24(21)25-20-14-8-3-9-15-20/h1-17,22,25H. The third-order valence-electron chi connectivity index (χ3n) is 4.37. The van der Waals surface area contributed by atoms with E-state index in [0.717, 1.165) is 10.7 Å². The fourth-order valence-corrected chi connectivity index (χ4v) is 4.15. The fraction of sp³-hybridized carbons (Fsp3) is 0.0417. The molecule has 1 aliphatic heterocycles. The van der Waals surface area contributed by atoms with Gasteiger partial charge in [-0.3, -0.25) is 4.79 Å². The lowest BCUT2D eigenvalue weighted by Gasteiger charge is -2.23. The van der Waals surface area contributed by atoms with Gasteiger partial charge in [0.25, 0.3) is 0 Å². The number of hydrogen-bond acceptors (Lipinski definition) is 3. The third-order valence-corrected chi connectivity index (χ3v) is 5.61. The second kappa shape index (κ2) is 8.11. The minimum Gasteiger partial charge on any atom is -0.350 e. The Morgan fingerprint density at radius 3 is 2.04 bits per heavy atom. The SMILES string of the molecule is O=C(C1=C(Nc2ccccc2)SC(c2ccccc2)C=C1)c1ccccc1. The van der Waals surface area contributed by atoms with E-state index < -0.39 is 0 Å². The number of allylic oxidation sites excluding steroid dienone is 2. The van der Waals surface area contributed by atoms with Crippen LogP contribution in [0.2, 0.25) is 0 Å². The van der Waals surface area contributed by atoms with Crippen LogP contribution in [0.4, 0.5) is 5.69 Å². The quantitative estimate of drug-likeness (QED) is 0.540. The Morgan fingerprint density at radius 2 is 1.37 bits per heavy atom. The molecule has 0 bridgehead atoms. The molecule has 1 aliphatic rings. The Labute approximate surface area is 163 Å². The van der Waals surface area contributed by atoms with Crippen LogP contribution in [0, 0.1) is 0 Å². The van der Waals surface area contributed by atoms with Crippen LogP contribution in [0.1, 0.15) is 21.2 Å². The van der Waals surface area contributed by atoms with E-state index in [9.17, 15) is 4.79 Å². The maximum Gasteiger partial charge on any atom is 0.195 e. The van der Waals surface area contributed by atoms with Crippen molar-refractivity contribution in [2.24, 2.45) is 0 Å². The first-order chi connectivity index (χ1) is 13.3. The van der Waals surface area contributed by atoms with Gasteiger partial charge in [0.1, 0.15) is 0 Å². The predicted octanol–water partition coefficient (Wildman–Crippen LogP) is 6.24. The highest BCUT2D eigenvalue weighted by molar-refractivity contribution is 8.03. The number of para-hydroxylation sites is 1. The number of Topliss-reactive ketones (excluding diaryl/α,β-unsaturated/α-hetero) is 1. The van der Waals surface area contributed by atoms with E-state index in [1.54, 1.807) is 11.8 Å². The van der Waals surface area contributed by atoms with Gasteiger partial charge in [-0.1, -0.05) is 103 Å². The first-order valence-electron chi connectivity index (χ1n) is 8.87. The molecule has 0 aliphatic carbocycles. The van der Waals surface area contributed by atoms with Gasteiger partial charge in [-0.05, 0) is 17.7 Å². The average molecular weight is 369 g/mol. The van der Waals surface area contributed by atoms with Crippen molar-refractivity contribution in [1.29, 1.82) is 0 Å². The Balaban J connectivity index is 1.69. The minimum atomic E-state index is 0.0318. The lowest BCUT2D eigenvalue weighted by atomic mass is 10.0. The second-order valence-electron chi connectivity index (χ2n) is 6.24. The Kier molecular flexibility index (Phi) is 5.22. The van der Waals surface area contributed by atoms with E-state index >= 15 is 0 Å². The highest BCUT2D eigenvalue weighted by Gasteiger charge is 2.23. The van der Waals surface area contributed by atoms with E-state index in [0.29, 0.717) is 11.1 Å². The normalized spacial score (nSPS) is 16.2. The van der Waals surface area contributed by atoms with E-state index in [-0.39, 0.29) is 11.0 Å². The van der Waals surface area contributed by atoms with Crippen LogP contribution in [0.5, 0.6) is 0 Å². The van der Waals surface area contributed by atoms with E-state index in [1.165, 1.54) is 5.56 Å². The van der Waals surface area contributed by atoms with Crippen LogP contribution in [-0.2, 0) is 0 Å². The topological polar surface area (TPSA) is 29.1 Å². The van der Waals surface area contributed by atoms with Crippen molar-refractivity contribution in [3.8, 4) is 0 Å². The molecular formula is C24H19NOS. The first kappa shape index (κ1) is 17.4. The summed E-state index contributed by atoms with van der Waals surface area (Å²) in [4.78, 5) is 13.1. The molecule has 0 amide bonds. The van der Waals surface area contributed by atoms with Crippen molar-refractivity contribution < 1.29 is 4.79 Å². The highest BCUT2D eigenvalue weighted by atomic mass is 32.2. The van der Waals surface area contributed by atoms with Gasteiger partial charge in [0.15, 0.2) is 5.78 Å². The minimum absolute atomic E-state index is 0.0318. The molecule has 0 aromatic heterocycles. The zero-order chi connectivity index (χ0) is 18.5. The van der Waals surface area contributed by atoms with Crippen LogP contribution in [0.25, 0.3) is 0 Å². The lowest BCUT2D eigenvalue weighted by Crippen LogP contribution is -2.12. The molecule has 1 atom stereocenters. The highest BCUT2D eigenvalue weighted by Crippen LogP contribution is 2.42. The third kappa shape index (κ3) is 4.04. The summed E-state index contributed by atoms with van der Waals surface area (Å²) in [5.74, 6) is 0.0318. The molecule has 3 heteroatoms. The monoisotopic (exact) mass is 369 g/mol. The summed E-state index contributed by atoms with van der Waals surface area (Å²) >= 11 is 1.67. The molecule has 3 aromatic carbocycles. The summed E-state index contributed by atoms with van der Waals surface area (Å²) in [6.45, 7) is 0. The number of carbonyl (C=O) groups is 1. The molecule has 0 saturated heterocycles. The molecule has 0 saturated carbocycles. The van der Waals surface area contributed by atoms with Crippen molar-refractivity contribution in [3.63, 3.8) is 0 Å². The molecule has 0 spiro atoms. The van der Waals surface area contributed by atoms with Gasteiger partial charge in [-0.2, -0.15) is 0 Å². The van der Waals surface area contributed by atoms with Crippen LogP contribution in [0.15, 0.2) is 114 Å². The molecule has 27 heavy (non-hydrogen) atoms. The van der Waals surface area contributed by atoms with E-state index in [1.807, 2.05) is 84.9 Å². The van der Waals surface area contributed by atoms with Crippen molar-refractivity contribution in [1.82, 2.24) is 0 Å². The molecule has 4 rings (SSSR count). The number of benzene rings is 3. The summed E-state index contributed by atoms with van der Waals surface area (Å²) < 4.78 is 0. The number of anilines is 1. The summed E-state index contributed by atoms with van der Waals surface area (Å²) in [5, 5.41) is 4.50. The van der Waals surface area contributed by atoms with Crippen molar-refractivity contribution >= 4 is 23.2 Å². The van der Waals surface area contributed by atoms with Crippen molar-refractivity contribution in [2.75, 3.05) is 5.32 Å². The summed E-state index contributed by atoms with van der Waals surface area (Å²) in [5.41, 5.74) is 3.59. The second-order valence-corrected chi connectivity index (χ2v) is 7.39. The molecule has 3 aromatic rings. The number of hydrogen-bond donors (Lipinski definition) is 1. The Bertz CT molecular complexity index is 979. The Hall–Kier alpha value is -3.04. The zero-order valence-corrected chi connectivity index (χ0v) is 15.5. The van der Waals surface area contributed by atoms with Crippen LogP contribution in [-0.4, -0.2) is 5.78 Å². The van der Waals surface area contributed by atoms with Gasteiger partial charge in [0, 0.05) is 11.3 Å². The number of thioether (sulfide) groups is 1. The summed E-state index contributed by atoms with van der Waals surface area (Å²) in [7, 11) is 0. The van der Waals surface area contributed by atoms with Gasteiger partial charge < -0.3 is 5.32 Å². The summed E-state index contributed by atoms with van der Waals surface area (Å²) in [6, 6.07) is 29.7. The largest absolute Gasteiger partial charge is 0.350 e. The molecule has 1 heterocycles. The van der Waals surface area contributed by atoms with E-state index in [2.05, 4.69) is 23.5 Å². The maximum atomic E-state index is 13.1. The summed E-state index contributed by atoms with van der Waals surface area (Å²) in [6.07, 6.45) is 4.06. The van der Waals surface area contributed by atoms with Crippen molar-refractivity contribution in [2.45, 2.75) is 5.25 Å². The van der Waals surface area contributed by atoms with Gasteiger partial charge in [-0.15, -0.1) is 0 Å². The number of rotatable bonds is 5. The zero-order valence-electron chi connectivity index (χ0n) is 14.7. The van der Waals surface area contributed by atoms with Gasteiger partial charge in [0.05, 0.1) is 15.9 Å². The molecular weight excluding hydrogens is 350 g/mol. The first-order valence-corrected chi connectivity index (χ1v) is 9.75. The molecule has 1 N–H and O–H groups in total. The van der Waals surface area contributed by atoms with Crippen molar-refractivity contribution in [3.05, 3.63) is 125 Å². The average Bonchev–Trinajstić information content (AvgIpc) is 2.75. The molecule has 0 radical (unpaired) electrons. The number of nitrogens with one attached hydrogen (secondary N) is 1. The van der Waals surface area contributed by atoms with Crippen LogP contribution < -0.4 is 5.32 Å². The smallest absolute Gasteiger partial charge is 0.195 e. The van der Waals surface area contributed by atoms with Gasteiger partial charge >= 0.3 is 0 Å². The maximum absolute atomic E-state index is 13.1. The Morgan fingerprint density at radius 1 is 0.778 bits per heavy atom. The van der Waals surface area contributed by atoms with Crippen LogP contribution >= 0.6 is 11.8 Å². The molecule has 1 unspecified atom stereocenters. The number of carbonyl (C=O) groups excluding carboxylic acids is 1. The van der Waals surface area contributed by atoms with Gasteiger partial charge in [0.2, 0.25) is 0 Å². The molecule has 0 fully saturated rings. The molecule has 2 nitrogen and oxygen atoms in total. The van der Waals surface area contributed by atoms with Crippen LogP contribution in [0.3, 0.4) is 0 Å². The van der Waals surface area contributed by atoms with E-state index in [4.69, 9.17) is 0 Å². The fourth-order valence-electron chi connectivity index (χ4n) is 2.98. The predicted molar refractivity (Wildman–Crippen MR) is 114 cm³/mol.